The molecule has 4 aromatic heterocycles. The van der Waals surface area contributed by atoms with E-state index in [1.807, 2.05) is 40.1 Å². The standard InChI is InChI=1S/C35H35F4N5O3.C26H25F4N5O/c1-46-26-9-6-22(31(18-26)47-2)20-44-21-30-32(34(44)45)23(17-29(42-30)33-27(36)4-3-5-28(33)37)16-24-7-8-25(19-41-24)40-12-15-43-13-10-35(38,39)11-14-43;27-19-2-1-3-20(28)24(19)21-13-16(23-22(34-21)15-33-25(23)36)12-17-4-5-18(14-32-17)31-8-11-35-9-6-26(29,30)7-10-35/h3-9,17-19,40H,10-16,20-21H2,1-2H3;1-5,13-14,31H,6-12,15H2,(H,33,36). The number of anilines is 2. The predicted molar refractivity (Wildman–Crippen MR) is 296 cm³/mol. The second-order valence-electron chi connectivity index (χ2n) is 20.9. The molecule has 2 fully saturated rings. The van der Waals surface area contributed by atoms with Crippen molar-refractivity contribution in [1.82, 2.24) is 40.0 Å². The third-order valence-electron chi connectivity index (χ3n) is 15.2. The number of nitrogens with zero attached hydrogens (tertiary/aromatic N) is 7. The number of benzene rings is 3. The van der Waals surface area contributed by atoms with Crippen LogP contribution in [0.1, 0.15) is 85.9 Å². The molecule has 2 amide bonds. The minimum absolute atomic E-state index is 0.0970. The van der Waals surface area contributed by atoms with E-state index in [-0.39, 0.29) is 92.5 Å². The van der Waals surface area contributed by atoms with E-state index in [9.17, 15) is 44.7 Å². The highest BCUT2D eigenvalue weighted by Crippen LogP contribution is 2.36. The van der Waals surface area contributed by atoms with Crippen LogP contribution in [0.5, 0.6) is 11.5 Å². The third kappa shape index (κ3) is 13.8. The molecule has 14 nitrogen and oxygen atoms in total. The second kappa shape index (κ2) is 25.1. The number of carbonyl (C=O) groups excluding carboxylic acids is 2. The van der Waals surface area contributed by atoms with Crippen molar-refractivity contribution >= 4 is 23.2 Å². The van der Waals surface area contributed by atoms with Gasteiger partial charge in [-0.3, -0.25) is 19.6 Å². The number of halogens is 8. The number of rotatable bonds is 18. The maximum Gasteiger partial charge on any atom is 0.256 e. The van der Waals surface area contributed by atoms with Gasteiger partial charge in [0, 0.05) is 114 Å². The lowest BCUT2D eigenvalue weighted by Crippen LogP contribution is -2.41. The molecule has 22 heteroatoms. The molecule has 0 aliphatic carbocycles. The van der Waals surface area contributed by atoms with Gasteiger partial charge in [-0.2, -0.15) is 0 Å². The van der Waals surface area contributed by atoms with E-state index in [0.717, 1.165) is 16.9 Å². The van der Waals surface area contributed by atoms with Crippen LogP contribution in [-0.2, 0) is 32.5 Å². The van der Waals surface area contributed by atoms with E-state index in [1.165, 1.54) is 36.4 Å². The smallest absolute Gasteiger partial charge is 0.256 e. The summed E-state index contributed by atoms with van der Waals surface area (Å²) in [6, 6.07) is 23.1. The zero-order valence-corrected chi connectivity index (χ0v) is 45.6. The molecule has 2 saturated heterocycles. The summed E-state index contributed by atoms with van der Waals surface area (Å²) < 4.78 is 123. The first kappa shape index (κ1) is 58.0. The van der Waals surface area contributed by atoms with Gasteiger partial charge >= 0.3 is 0 Å². The monoisotopic (exact) mass is 1150 g/mol. The summed E-state index contributed by atoms with van der Waals surface area (Å²) in [5.74, 6) is -7.43. The Morgan fingerprint density at radius 3 is 1.54 bits per heavy atom. The first-order valence-electron chi connectivity index (χ1n) is 27.2. The Balaban J connectivity index is 0.000000192. The summed E-state index contributed by atoms with van der Waals surface area (Å²) in [7, 11) is 3.10. The predicted octanol–water partition coefficient (Wildman–Crippen LogP) is 10.7. The van der Waals surface area contributed by atoms with E-state index in [0.29, 0.717) is 109 Å². The van der Waals surface area contributed by atoms with Gasteiger partial charge in [-0.15, -0.1) is 0 Å². The molecular weight excluding hydrogens is 1090 g/mol. The number of alkyl halides is 4. The first-order chi connectivity index (χ1) is 39.9. The molecule has 434 valence electrons. The molecule has 0 unspecified atom stereocenters. The van der Waals surface area contributed by atoms with Crippen molar-refractivity contribution in [2.75, 3.05) is 77.2 Å². The Morgan fingerprint density at radius 2 is 1.07 bits per heavy atom. The molecule has 7 aromatic rings. The molecule has 4 aliphatic heterocycles. The number of carbonyl (C=O) groups is 2. The number of fused-ring (bicyclic) bond motifs is 2. The summed E-state index contributed by atoms with van der Waals surface area (Å²) in [5, 5.41) is 9.24. The van der Waals surface area contributed by atoms with Gasteiger partial charge in [0.15, 0.2) is 0 Å². The largest absolute Gasteiger partial charge is 0.497 e. The number of methoxy groups -OCH3 is 2. The summed E-state index contributed by atoms with van der Waals surface area (Å²) in [4.78, 5) is 49.9. The molecular formula is C61H60F8N10O4. The van der Waals surface area contributed by atoms with Gasteiger partial charge in [-0.05, 0) is 83.9 Å². The van der Waals surface area contributed by atoms with Crippen LogP contribution in [0.15, 0.2) is 103 Å². The van der Waals surface area contributed by atoms with Gasteiger partial charge in [0.25, 0.3) is 23.7 Å². The Hall–Kier alpha value is -8.24. The third-order valence-corrected chi connectivity index (χ3v) is 15.2. The summed E-state index contributed by atoms with van der Waals surface area (Å²) in [6.07, 6.45) is 3.38. The molecule has 83 heavy (non-hydrogen) atoms. The number of amides is 2. The van der Waals surface area contributed by atoms with Crippen LogP contribution < -0.4 is 25.4 Å². The van der Waals surface area contributed by atoms with E-state index in [2.05, 4.69) is 35.9 Å². The van der Waals surface area contributed by atoms with Crippen molar-refractivity contribution in [2.45, 2.75) is 70.0 Å². The average molecular weight is 1150 g/mol. The molecule has 0 radical (unpaired) electrons. The maximum absolute atomic E-state index is 14.9. The zero-order chi connectivity index (χ0) is 58.4. The number of hydrogen-bond donors (Lipinski definition) is 3. The van der Waals surface area contributed by atoms with E-state index in [4.69, 9.17) is 9.47 Å². The number of ether oxygens (including phenoxy) is 2. The number of pyridine rings is 4. The van der Waals surface area contributed by atoms with Crippen molar-refractivity contribution in [2.24, 2.45) is 0 Å². The fourth-order valence-electron chi connectivity index (χ4n) is 10.7. The fraction of sp³-hybridized carbons (Fsp3) is 0.344. The van der Waals surface area contributed by atoms with Crippen LogP contribution in [-0.4, -0.2) is 125 Å². The fourth-order valence-corrected chi connectivity index (χ4v) is 10.7. The molecule has 8 heterocycles. The highest BCUT2D eigenvalue weighted by atomic mass is 19.3. The topological polar surface area (TPSA) is 150 Å². The number of aromatic nitrogens is 4. The molecule has 3 N–H and O–H groups in total. The maximum atomic E-state index is 14.9. The van der Waals surface area contributed by atoms with Crippen molar-refractivity contribution in [3.63, 3.8) is 0 Å². The van der Waals surface area contributed by atoms with E-state index >= 15 is 0 Å². The Labute approximate surface area is 474 Å². The van der Waals surface area contributed by atoms with Crippen LogP contribution in [0.25, 0.3) is 22.5 Å². The number of hydrogen-bond acceptors (Lipinski definition) is 12. The Kier molecular flexibility index (Phi) is 17.5. The van der Waals surface area contributed by atoms with E-state index < -0.39 is 35.1 Å². The Morgan fingerprint density at radius 1 is 0.578 bits per heavy atom. The Bertz CT molecular complexity index is 3440. The van der Waals surface area contributed by atoms with Gasteiger partial charge in [0.2, 0.25) is 0 Å². The van der Waals surface area contributed by atoms with Gasteiger partial charge in [-0.25, -0.2) is 45.1 Å². The van der Waals surface area contributed by atoms with Crippen molar-refractivity contribution in [3.05, 3.63) is 177 Å². The summed E-state index contributed by atoms with van der Waals surface area (Å²) in [6.45, 7) is 4.53. The lowest BCUT2D eigenvalue weighted by atomic mass is 9.98. The molecule has 0 saturated carbocycles. The van der Waals surface area contributed by atoms with E-state index in [1.54, 1.807) is 55.8 Å². The van der Waals surface area contributed by atoms with Crippen LogP contribution >= 0.6 is 0 Å². The highest BCUT2D eigenvalue weighted by Gasteiger charge is 2.36. The molecule has 0 bridgehead atoms. The van der Waals surface area contributed by atoms with Crippen molar-refractivity contribution in [3.8, 4) is 34.0 Å². The van der Waals surface area contributed by atoms with Gasteiger partial charge in [-0.1, -0.05) is 12.1 Å². The summed E-state index contributed by atoms with van der Waals surface area (Å²) in [5.41, 5.74) is 6.17. The molecule has 3 aromatic carbocycles. The summed E-state index contributed by atoms with van der Waals surface area (Å²) >= 11 is 0. The number of piperidine rings is 2. The lowest BCUT2D eigenvalue weighted by Gasteiger charge is -2.31. The minimum Gasteiger partial charge on any atom is -0.497 e. The van der Waals surface area contributed by atoms with Crippen LogP contribution in [0.4, 0.5) is 46.5 Å². The van der Waals surface area contributed by atoms with Crippen LogP contribution in [0, 0.1) is 23.3 Å². The molecule has 0 spiro atoms. The second-order valence-corrected chi connectivity index (χ2v) is 20.9. The quantitative estimate of drug-likeness (QED) is 0.0702. The molecule has 4 aliphatic rings. The normalized spacial score (nSPS) is 16.4. The number of likely N-dealkylation sites (tertiary alicyclic amines) is 2. The van der Waals surface area contributed by atoms with Gasteiger partial charge in [0.1, 0.15) is 34.8 Å². The lowest BCUT2D eigenvalue weighted by molar-refractivity contribution is -0.0548. The number of nitrogens with one attached hydrogen (secondary N) is 3. The SMILES string of the molecule is COc1ccc(CN2Cc3nc(-c4c(F)cccc4F)cc(Cc4ccc(NCCN5CCC(F)(F)CC5)cn4)c3C2=O)c(OC)c1.O=C1NCc2nc(-c3c(F)cccc3F)cc(Cc3ccc(NCCN4CCC(F)(F)CC4)cn3)c21. The van der Waals surface area contributed by atoms with Crippen molar-refractivity contribution < 1.29 is 54.2 Å². The first-order valence-corrected chi connectivity index (χ1v) is 27.2. The van der Waals surface area contributed by atoms with Crippen molar-refractivity contribution in [1.29, 1.82) is 0 Å². The van der Waals surface area contributed by atoms with Crippen LogP contribution in [0.2, 0.25) is 0 Å². The highest BCUT2D eigenvalue weighted by molar-refractivity contribution is 6.00. The van der Waals surface area contributed by atoms with Gasteiger partial charge in [0.05, 0.1) is 103 Å². The minimum atomic E-state index is -2.57. The van der Waals surface area contributed by atoms with Crippen LogP contribution in [0.3, 0.4) is 0 Å². The molecule has 11 rings (SSSR count). The average Bonchev–Trinajstić information content (AvgIpc) is 4.21. The zero-order valence-electron chi connectivity index (χ0n) is 45.6. The molecule has 0 atom stereocenters. The van der Waals surface area contributed by atoms with Gasteiger partial charge < -0.3 is 40.1 Å².